The number of nitrogens with zero attached hydrogens (tertiary/aromatic N) is 1. The summed E-state index contributed by atoms with van der Waals surface area (Å²) in [5.41, 5.74) is 3.87. The summed E-state index contributed by atoms with van der Waals surface area (Å²) in [6.07, 6.45) is 5.26. The highest BCUT2D eigenvalue weighted by Gasteiger charge is 2.40. The zero-order chi connectivity index (χ0) is 28.2. The SMILES string of the molecule is COc1cc2c(cc1OC)[C@H]1C[C@@H](OCCOS(=O)(=O)c3ccc(C)cc3)[C@H](CCCC(C)(C)C)CN1CC2. The highest BCUT2D eigenvalue weighted by atomic mass is 32.2. The molecule has 2 aromatic carbocycles. The van der Waals surface area contributed by atoms with Crippen molar-refractivity contribution >= 4 is 10.1 Å². The molecule has 7 nitrogen and oxygen atoms in total. The summed E-state index contributed by atoms with van der Waals surface area (Å²) >= 11 is 0. The van der Waals surface area contributed by atoms with Crippen molar-refractivity contribution in [3.63, 3.8) is 0 Å². The molecule has 0 amide bonds. The number of hydrogen-bond acceptors (Lipinski definition) is 7. The monoisotopic (exact) mass is 559 g/mol. The Kier molecular flexibility index (Phi) is 9.63. The number of rotatable bonds is 11. The lowest BCUT2D eigenvalue weighted by Gasteiger charge is -2.47. The molecule has 0 spiro atoms. The highest BCUT2D eigenvalue weighted by molar-refractivity contribution is 7.86. The minimum absolute atomic E-state index is 0.00257. The Balaban J connectivity index is 1.45. The van der Waals surface area contributed by atoms with Crippen LogP contribution in [0.5, 0.6) is 11.5 Å². The van der Waals surface area contributed by atoms with Crippen LogP contribution in [-0.2, 0) is 25.5 Å². The summed E-state index contributed by atoms with van der Waals surface area (Å²) in [4.78, 5) is 2.76. The maximum Gasteiger partial charge on any atom is 0.297 e. The van der Waals surface area contributed by atoms with Crippen molar-refractivity contribution in [1.29, 1.82) is 0 Å². The fraction of sp³-hybridized carbons (Fsp3) is 0.613. The molecule has 39 heavy (non-hydrogen) atoms. The minimum Gasteiger partial charge on any atom is -0.493 e. The summed E-state index contributed by atoms with van der Waals surface area (Å²) in [5.74, 6) is 1.90. The molecule has 4 rings (SSSR count). The van der Waals surface area contributed by atoms with Gasteiger partial charge in [-0.05, 0) is 79.3 Å². The molecule has 2 aliphatic rings. The van der Waals surface area contributed by atoms with E-state index >= 15 is 0 Å². The summed E-state index contributed by atoms with van der Waals surface area (Å²) < 4.78 is 48.2. The molecular weight excluding hydrogens is 514 g/mol. The highest BCUT2D eigenvalue weighted by Crippen LogP contribution is 2.44. The minimum atomic E-state index is -3.81. The van der Waals surface area contributed by atoms with Gasteiger partial charge in [-0.1, -0.05) is 44.9 Å². The fourth-order valence-corrected chi connectivity index (χ4v) is 6.79. The van der Waals surface area contributed by atoms with Crippen LogP contribution < -0.4 is 9.47 Å². The molecular formula is C31H45NO6S. The van der Waals surface area contributed by atoms with Crippen LogP contribution in [0.1, 0.15) is 69.2 Å². The Bertz CT molecular complexity index is 1200. The third-order valence-corrected chi connectivity index (χ3v) is 9.36. The maximum absolute atomic E-state index is 12.6. The molecule has 2 heterocycles. The van der Waals surface area contributed by atoms with Gasteiger partial charge in [-0.25, -0.2) is 0 Å². The van der Waals surface area contributed by atoms with Crippen LogP contribution in [0.4, 0.5) is 0 Å². The number of fused-ring (bicyclic) bond motifs is 3. The van der Waals surface area contributed by atoms with E-state index in [-0.39, 0.29) is 30.3 Å². The maximum atomic E-state index is 12.6. The molecule has 0 saturated carbocycles. The number of aryl methyl sites for hydroxylation is 1. The van der Waals surface area contributed by atoms with E-state index in [0.717, 1.165) is 62.3 Å². The molecule has 1 saturated heterocycles. The van der Waals surface area contributed by atoms with Gasteiger partial charge < -0.3 is 14.2 Å². The van der Waals surface area contributed by atoms with Gasteiger partial charge in [0.15, 0.2) is 11.5 Å². The van der Waals surface area contributed by atoms with Crippen molar-refractivity contribution in [3.05, 3.63) is 53.1 Å². The summed E-state index contributed by atoms with van der Waals surface area (Å²) in [6.45, 7) is 11.0. The second kappa shape index (κ2) is 12.6. The quantitative estimate of drug-likeness (QED) is 0.249. The topological polar surface area (TPSA) is 74.3 Å². The van der Waals surface area contributed by atoms with Crippen LogP contribution in [-0.4, -0.2) is 59.9 Å². The predicted molar refractivity (Wildman–Crippen MR) is 153 cm³/mol. The normalized spacial score (nSPS) is 21.7. The van der Waals surface area contributed by atoms with E-state index in [4.69, 9.17) is 18.4 Å². The van der Waals surface area contributed by atoms with Crippen LogP contribution in [0.3, 0.4) is 0 Å². The van der Waals surface area contributed by atoms with Gasteiger partial charge in [0.1, 0.15) is 0 Å². The van der Waals surface area contributed by atoms with Crippen LogP contribution in [0.15, 0.2) is 41.3 Å². The van der Waals surface area contributed by atoms with Gasteiger partial charge in [0.2, 0.25) is 0 Å². The Morgan fingerprint density at radius 2 is 1.69 bits per heavy atom. The molecule has 8 heteroatoms. The van der Waals surface area contributed by atoms with Crippen molar-refractivity contribution in [3.8, 4) is 11.5 Å². The van der Waals surface area contributed by atoms with E-state index in [1.165, 1.54) is 11.1 Å². The van der Waals surface area contributed by atoms with E-state index in [2.05, 4.69) is 37.8 Å². The molecule has 1 fully saturated rings. The molecule has 0 aromatic heterocycles. The Morgan fingerprint density at radius 1 is 1.00 bits per heavy atom. The van der Waals surface area contributed by atoms with Crippen LogP contribution in [0, 0.1) is 18.3 Å². The van der Waals surface area contributed by atoms with Gasteiger partial charge in [0.05, 0.1) is 38.4 Å². The number of hydrogen-bond donors (Lipinski definition) is 0. The van der Waals surface area contributed by atoms with Gasteiger partial charge in [-0.2, -0.15) is 8.42 Å². The fourth-order valence-electron chi connectivity index (χ4n) is 5.90. The summed E-state index contributed by atoms with van der Waals surface area (Å²) in [6, 6.07) is 11.2. The molecule has 0 N–H and O–H groups in total. The predicted octanol–water partition coefficient (Wildman–Crippen LogP) is 5.94. The zero-order valence-electron chi connectivity index (χ0n) is 24.4. The van der Waals surface area contributed by atoms with Crippen LogP contribution in [0.2, 0.25) is 0 Å². The molecule has 216 valence electrons. The summed E-state index contributed by atoms with van der Waals surface area (Å²) in [7, 11) is -0.464. The second-order valence-corrected chi connectivity index (χ2v) is 13.7. The van der Waals surface area contributed by atoms with Crippen molar-refractivity contribution in [1.82, 2.24) is 4.90 Å². The van der Waals surface area contributed by atoms with Crippen LogP contribution >= 0.6 is 0 Å². The molecule has 3 atom stereocenters. The van der Waals surface area contributed by atoms with Crippen molar-refractivity contribution in [2.45, 2.75) is 76.8 Å². The van der Waals surface area contributed by atoms with Gasteiger partial charge in [0, 0.05) is 19.1 Å². The van der Waals surface area contributed by atoms with E-state index in [1.54, 1.807) is 38.5 Å². The Morgan fingerprint density at radius 3 is 2.36 bits per heavy atom. The summed E-state index contributed by atoms with van der Waals surface area (Å²) in [5, 5.41) is 0. The first-order chi connectivity index (χ1) is 18.5. The molecule has 2 aliphatic heterocycles. The second-order valence-electron chi connectivity index (χ2n) is 12.1. The van der Waals surface area contributed by atoms with Gasteiger partial charge in [-0.15, -0.1) is 0 Å². The van der Waals surface area contributed by atoms with Gasteiger partial charge >= 0.3 is 0 Å². The number of benzene rings is 2. The zero-order valence-corrected chi connectivity index (χ0v) is 25.2. The van der Waals surface area contributed by atoms with Crippen LogP contribution in [0.25, 0.3) is 0 Å². The standard InChI is InChI=1S/C31H45NO6S/c1-22-9-11-25(12-10-22)39(33,34)38-17-16-37-28-20-27-26-19-30(36-6)29(35-5)18-23(26)13-15-32(27)21-24(28)8-7-14-31(2,3)4/h9-12,18-19,24,27-28H,7-8,13-17,20-21H2,1-6H3/t24-,27-,28-/m1/s1. The number of methoxy groups -OCH3 is 2. The van der Waals surface area contributed by atoms with Crippen molar-refractivity contribution < 1.29 is 26.8 Å². The third-order valence-electron chi connectivity index (χ3n) is 8.03. The van der Waals surface area contributed by atoms with E-state index in [1.807, 2.05) is 6.92 Å². The lowest BCUT2D eigenvalue weighted by molar-refractivity contribution is -0.0673. The average Bonchev–Trinajstić information content (AvgIpc) is 2.89. The number of piperidine rings is 1. The Labute approximate surface area is 234 Å². The average molecular weight is 560 g/mol. The largest absolute Gasteiger partial charge is 0.493 e. The lowest BCUT2D eigenvalue weighted by atomic mass is 9.79. The Hall–Kier alpha value is -2.13. The lowest BCUT2D eigenvalue weighted by Crippen LogP contribution is -2.49. The third kappa shape index (κ3) is 7.54. The van der Waals surface area contributed by atoms with Gasteiger partial charge in [-0.3, -0.25) is 9.08 Å². The number of ether oxygens (including phenoxy) is 3. The van der Waals surface area contributed by atoms with Crippen molar-refractivity contribution in [2.24, 2.45) is 11.3 Å². The van der Waals surface area contributed by atoms with E-state index in [0.29, 0.717) is 11.3 Å². The first-order valence-electron chi connectivity index (χ1n) is 14.1. The van der Waals surface area contributed by atoms with E-state index in [9.17, 15) is 8.42 Å². The van der Waals surface area contributed by atoms with Crippen molar-refractivity contribution in [2.75, 3.05) is 40.5 Å². The molecule has 0 radical (unpaired) electrons. The first-order valence-corrected chi connectivity index (χ1v) is 15.5. The smallest absolute Gasteiger partial charge is 0.297 e. The molecule has 0 bridgehead atoms. The first kappa shape index (κ1) is 29.8. The molecule has 0 unspecified atom stereocenters. The molecule has 2 aromatic rings. The van der Waals surface area contributed by atoms with E-state index < -0.39 is 10.1 Å². The van der Waals surface area contributed by atoms with Gasteiger partial charge in [0.25, 0.3) is 10.1 Å². The molecule has 0 aliphatic carbocycles.